The van der Waals surface area contributed by atoms with E-state index in [0.717, 1.165) is 25.2 Å². The Labute approximate surface area is 119 Å². The van der Waals surface area contributed by atoms with Gasteiger partial charge in [-0.1, -0.05) is 13.8 Å². The highest BCUT2D eigenvalue weighted by atomic mass is 15.2. The van der Waals surface area contributed by atoms with Crippen LogP contribution in [0.3, 0.4) is 0 Å². The molecule has 1 aliphatic carbocycles. The molecule has 0 bridgehead atoms. The van der Waals surface area contributed by atoms with Crippen LogP contribution in [0, 0.1) is 0 Å². The molecule has 3 aliphatic rings. The van der Waals surface area contributed by atoms with E-state index in [1.165, 1.54) is 45.6 Å². The summed E-state index contributed by atoms with van der Waals surface area (Å²) in [6.07, 6.45) is 2.92. The first-order valence-corrected chi connectivity index (χ1v) is 8.13. The Hall–Kier alpha value is -0.160. The summed E-state index contributed by atoms with van der Waals surface area (Å²) in [6, 6.07) is 1.70. The highest BCUT2D eigenvalue weighted by molar-refractivity contribution is 4.86. The van der Waals surface area contributed by atoms with E-state index >= 15 is 0 Å². The molecular formula is C15H34N4. The first kappa shape index (κ1) is 16.9. The summed E-state index contributed by atoms with van der Waals surface area (Å²) in [5, 5.41) is 6.68. The third kappa shape index (κ3) is 6.70. The Kier molecular flexibility index (Phi) is 8.62. The Morgan fingerprint density at radius 2 is 1.47 bits per heavy atom. The average Bonchev–Trinajstić information content (AvgIpc) is 3.31. The summed E-state index contributed by atoms with van der Waals surface area (Å²) in [6.45, 7) is 14.7. The molecule has 3 rings (SSSR count). The fourth-order valence-corrected chi connectivity index (χ4v) is 2.43. The molecule has 2 aliphatic heterocycles. The molecule has 2 heterocycles. The number of rotatable bonds is 1. The summed E-state index contributed by atoms with van der Waals surface area (Å²) in [5.41, 5.74) is 0. The molecule has 19 heavy (non-hydrogen) atoms. The molecule has 0 aromatic carbocycles. The monoisotopic (exact) mass is 270 g/mol. The zero-order chi connectivity index (χ0) is 14.1. The lowest BCUT2D eigenvalue weighted by Gasteiger charge is -2.29. The van der Waals surface area contributed by atoms with Crippen LogP contribution >= 0.6 is 0 Å². The second-order valence-electron chi connectivity index (χ2n) is 5.55. The fourth-order valence-electron chi connectivity index (χ4n) is 2.43. The van der Waals surface area contributed by atoms with Gasteiger partial charge < -0.3 is 15.5 Å². The van der Waals surface area contributed by atoms with Crippen molar-refractivity contribution < 1.29 is 0 Å². The largest absolute Gasteiger partial charge is 0.314 e. The van der Waals surface area contributed by atoms with Gasteiger partial charge in [-0.25, -0.2) is 0 Å². The van der Waals surface area contributed by atoms with Gasteiger partial charge in [0.1, 0.15) is 0 Å². The van der Waals surface area contributed by atoms with Crippen molar-refractivity contribution in [3.63, 3.8) is 0 Å². The molecule has 3 fully saturated rings. The Balaban J connectivity index is 0.000000170. The van der Waals surface area contributed by atoms with Crippen LogP contribution < -0.4 is 10.6 Å². The third-order valence-electron chi connectivity index (χ3n) is 4.05. The average molecular weight is 270 g/mol. The highest BCUT2D eigenvalue weighted by Gasteiger charge is 2.28. The van der Waals surface area contributed by atoms with Gasteiger partial charge in [-0.2, -0.15) is 0 Å². The molecule has 114 valence electrons. The fraction of sp³-hybridized carbons (Fsp3) is 1.00. The zero-order valence-corrected chi connectivity index (χ0v) is 13.4. The van der Waals surface area contributed by atoms with E-state index in [1.807, 2.05) is 13.8 Å². The normalized spacial score (nSPS) is 28.7. The van der Waals surface area contributed by atoms with Crippen molar-refractivity contribution >= 4 is 0 Å². The molecular weight excluding hydrogens is 236 g/mol. The lowest BCUT2D eigenvalue weighted by molar-refractivity contribution is 0.215. The predicted octanol–water partition coefficient (Wildman–Crippen LogP) is 0.990. The molecule has 2 saturated heterocycles. The van der Waals surface area contributed by atoms with E-state index in [4.69, 9.17) is 0 Å². The Morgan fingerprint density at radius 3 is 1.89 bits per heavy atom. The molecule has 0 radical (unpaired) electrons. The van der Waals surface area contributed by atoms with E-state index in [2.05, 4.69) is 34.4 Å². The molecule has 2 N–H and O–H groups in total. The molecule has 1 saturated carbocycles. The maximum atomic E-state index is 3.36. The first-order valence-electron chi connectivity index (χ1n) is 8.13. The smallest absolute Gasteiger partial charge is 0.0189 e. The maximum absolute atomic E-state index is 3.36. The quantitative estimate of drug-likeness (QED) is 0.744. The highest BCUT2D eigenvalue weighted by Crippen LogP contribution is 2.26. The minimum Gasteiger partial charge on any atom is -0.314 e. The summed E-state index contributed by atoms with van der Waals surface area (Å²) in [5.74, 6) is 0. The van der Waals surface area contributed by atoms with Gasteiger partial charge in [-0.15, -0.1) is 0 Å². The number of nitrogens with one attached hydrogen (secondary N) is 2. The van der Waals surface area contributed by atoms with Gasteiger partial charge in [0.25, 0.3) is 0 Å². The van der Waals surface area contributed by atoms with Gasteiger partial charge in [0.15, 0.2) is 0 Å². The molecule has 4 nitrogen and oxygen atoms in total. The van der Waals surface area contributed by atoms with E-state index in [9.17, 15) is 0 Å². The van der Waals surface area contributed by atoms with Crippen molar-refractivity contribution in [1.82, 2.24) is 20.4 Å². The zero-order valence-electron chi connectivity index (χ0n) is 13.4. The van der Waals surface area contributed by atoms with Crippen LogP contribution in [0.5, 0.6) is 0 Å². The van der Waals surface area contributed by atoms with Gasteiger partial charge in [0, 0.05) is 57.9 Å². The lowest BCUT2D eigenvalue weighted by Crippen LogP contribution is -2.47. The van der Waals surface area contributed by atoms with E-state index < -0.39 is 0 Å². The standard InChI is InChI=1S/C7H14N2.C6H14N2.C2H6/c1-2-7(1)9-5-3-8-4-6-9;1-6-5-7-3-4-8(6)2;1-2/h7-8H,1-6H2;6-7H,3-5H2,1-2H3;1-2H3. The van der Waals surface area contributed by atoms with Gasteiger partial charge >= 0.3 is 0 Å². The summed E-state index contributed by atoms with van der Waals surface area (Å²) in [7, 11) is 2.17. The first-order chi connectivity index (χ1) is 9.27. The third-order valence-corrected chi connectivity index (χ3v) is 4.05. The SMILES string of the molecule is C1CN(C2CC2)CCN1.CC.CC1CNCCN1C. The Bertz CT molecular complexity index is 202. The Morgan fingerprint density at radius 1 is 0.895 bits per heavy atom. The summed E-state index contributed by atoms with van der Waals surface area (Å²) in [4.78, 5) is 4.98. The van der Waals surface area contributed by atoms with Crippen molar-refractivity contribution in [2.24, 2.45) is 0 Å². The van der Waals surface area contributed by atoms with Crippen LogP contribution in [0.15, 0.2) is 0 Å². The van der Waals surface area contributed by atoms with Crippen LogP contribution in [0.2, 0.25) is 0 Å². The number of likely N-dealkylation sites (N-methyl/N-ethyl adjacent to an activating group) is 1. The molecule has 0 aromatic rings. The number of hydrogen-bond acceptors (Lipinski definition) is 4. The molecule has 4 heteroatoms. The van der Waals surface area contributed by atoms with E-state index in [0.29, 0.717) is 0 Å². The second kappa shape index (κ2) is 9.70. The van der Waals surface area contributed by atoms with Crippen molar-refractivity contribution in [3.8, 4) is 0 Å². The van der Waals surface area contributed by atoms with Gasteiger partial charge in [-0.05, 0) is 26.8 Å². The van der Waals surface area contributed by atoms with Crippen molar-refractivity contribution in [1.29, 1.82) is 0 Å². The predicted molar refractivity (Wildman–Crippen MR) is 83.8 cm³/mol. The van der Waals surface area contributed by atoms with Crippen LogP contribution in [-0.4, -0.2) is 74.7 Å². The van der Waals surface area contributed by atoms with Crippen molar-refractivity contribution in [2.75, 3.05) is 52.9 Å². The number of nitrogens with zero attached hydrogens (tertiary/aromatic N) is 2. The number of piperazine rings is 2. The molecule has 1 atom stereocenters. The second-order valence-corrected chi connectivity index (χ2v) is 5.55. The minimum absolute atomic E-state index is 0.726. The summed E-state index contributed by atoms with van der Waals surface area (Å²) < 4.78 is 0. The molecule has 0 spiro atoms. The summed E-state index contributed by atoms with van der Waals surface area (Å²) >= 11 is 0. The van der Waals surface area contributed by atoms with Crippen molar-refractivity contribution in [2.45, 2.75) is 45.7 Å². The van der Waals surface area contributed by atoms with Crippen LogP contribution in [0.4, 0.5) is 0 Å². The topological polar surface area (TPSA) is 30.5 Å². The molecule has 0 aromatic heterocycles. The lowest BCUT2D eigenvalue weighted by atomic mass is 10.2. The van der Waals surface area contributed by atoms with Gasteiger partial charge in [0.05, 0.1) is 0 Å². The van der Waals surface area contributed by atoms with Gasteiger partial charge in [-0.3, -0.25) is 4.90 Å². The minimum atomic E-state index is 0.726. The van der Waals surface area contributed by atoms with Crippen molar-refractivity contribution in [3.05, 3.63) is 0 Å². The van der Waals surface area contributed by atoms with Crippen LogP contribution in [-0.2, 0) is 0 Å². The van der Waals surface area contributed by atoms with Gasteiger partial charge in [0.2, 0.25) is 0 Å². The molecule has 0 amide bonds. The molecule has 1 unspecified atom stereocenters. The van der Waals surface area contributed by atoms with Crippen LogP contribution in [0.25, 0.3) is 0 Å². The van der Waals surface area contributed by atoms with E-state index in [-0.39, 0.29) is 0 Å². The number of hydrogen-bond donors (Lipinski definition) is 2. The van der Waals surface area contributed by atoms with E-state index in [1.54, 1.807) is 0 Å². The maximum Gasteiger partial charge on any atom is 0.0189 e. The van der Waals surface area contributed by atoms with Crippen LogP contribution in [0.1, 0.15) is 33.6 Å².